The number of aryl methyl sites for hydroxylation is 1. The van der Waals surface area contributed by atoms with Crippen molar-refractivity contribution in [1.29, 1.82) is 0 Å². The van der Waals surface area contributed by atoms with Crippen molar-refractivity contribution in [2.45, 2.75) is 19.8 Å². The van der Waals surface area contributed by atoms with Crippen LogP contribution in [0.3, 0.4) is 0 Å². The van der Waals surface area contributed by atoms with Crippen molar-refractivity contribution in [3.63, 3.8) is 0 Å². The number of carbonyl (C=O) groups excluding carboxylic acids is 2. The highest BCUT2D eigenvalue weighted by molar-refractivity contribution is 5.94. The molecule has 0 aliphatic rings. The number of halogens is 1. The molecule has 0 radical (unpaired) electrons. The molecule has 2 N–H and O–H groups in total. The van der Waals surface area contributed by atoms with E-state index in [1.54, 1.807) is 31.3 Å². The second-order valence-corrected chi connectivity index (χ2v) is 5.58. The number of amides is 2. The first-order valence-corrected chi connectivity index (χ1v) is 7.76. The molecule has 0 aliphatic carbocycles. The predicted molar refractivity (Wildman–Crippen MR) is 89.8 cm³/mol. The highest BCUT2D eigenvalue weighted by atomic mass is 19.1. The molecule has 0 saturated heterocycles. The Morgan fingerprint density at radius 2 is 2.08 bits per heavy atom. The fraction of sp³-hybridized carbons (Fsp3) is 0.278. The summed E-state index contributed by atoms with van der Waals surface area (Å²) in [4.78, 5) is 27.7. The summed E-state index contributed by atoms with van der Waals surface area (Å²) in [5, 5.41) is 5.25. The summed E-state index contributed by atoms with van der Waals surface area (Å²) in [5.74, 6) is -1.06. The van der Waals surface area contributed by atoms with Gasteiger partial charge in [0.2, 0.25) is 11.8 Å². The predicted octanol–water partition coefficient (Wildman–Crippen LogP) is 2.54. The molecule has 6 heteroatoms. The molecule has 0 bridgehead atoms. The van der Waals surface area contributed by atoms with Crippen LogP contribution in [0.1, 0.15) is 18.9 Å². The zero-order valence-electron chi connectivity index (χ0n) is 13.5. The Balaban J connectivity index is 1.72. The Morgan fingerprint density at radius 3 is 2.79 bits per heavy atom. The summed E-state index contributed by atoms with van der Waals surface area (Å²) in [6.07, 6.45) is 4.33. The molecule has 2 aromatic rings. The van der Waals surface area contributed by atoms with E-state index in [1.165, 1.54) is 18.3 Å². The summed E-state index contributed by atoms with van der Waals surface area (Å²) in [7, 11) is 0. The van der Waals surface area contributed by atoms with Crippen molar-refractivity contribution >= 4 is 17.5 Å². The summed E-state index contributed by atoms with van der Waals surface area (Å²) >= 11 is 0. The first kappa shape index (κ1) is 17.6. The molecule has 0 aliphatic heterocycles. The summed E-state index contributed by atoms with van der Waals surface area (Å²) in [6.45, 7) is 1.69. The second-order valence-electron chi connectivity index (χ2n) is 5.58. The van der Waals surface area contributed by atoms with E-state index in [2.05, 4.69) is 15.6 Å². The molecule has 2 amide bonds. The van der Waals surface area contributed by atoms with Gasteiger partial charge in [0.1, 0.15) is 5.82 Å². The number of nitrogens with zero attached hydrogens (tertiary/aromatic N) is 1. The summed E-state index contributed by atoms with van der Waals surface area (Å²) < 4.78 is 13.1. The Kier molecular flexibility index (Phi) is 6.42. The van der Waals surface area contributed by atoms with Gasteiger partial charge < -0.3 is 10.6 Å². The Hall–Kier alpha value is -2.76. The average molecular weight is 329 g/mol. The van der Waals surface area contributed by atoms with Crippen LogP contribution in [-0.4, -0.2) is 23.3 Å². The van der Waals surface area contributed by atoms with Gasteiger partial charge in [-0.15, -0.1) is 0 Å². The fourth-order valence-corrected chi connectivity index (χ4v) is 2.19. The lowest BCUT2D eigenvalue weighted by Crippen LogP contribution is -2.36. The van der Waals surface area contributed by atoms with Crippen molar-refractivity contribution in [3.05, 3.63) is 60.2 Å². The number of benzene rings is 1. The van der Waals surface area contributed by atoms with Crippen molar-refractivity contribution in [1.82, 2.24) is 10.3 Å². The minimum absolute atomic E-state index is 0.0992. The molecular weight excluding hydrogens is 309 g/mol. The number of pyridine rings is 1. The molecule has 2 rings (SSSR count). The van der Waals surface area contributed by atoms with Gasteiger partial charge in [0.15, 0.2) is 0 Å². The molecule has 5 nitrogen and oxygen atoms in total. The third kappa shape index (κ3) is 5.79. The summed E-state index contributed by atoms with van der Waals surface area (Å²) in [6, 6.07) is 9.76. The van der Waals surface area contributed by atoms with Gasteiger partial charge in [0, 0.05) is 12.1 Å². The maximum Gasteiger partial charge on any atom is 0.243 e. The van der Waals surface area contributed by atoms with Crippen LogP contribution in [0.2, 0.25) is 0 Å². The lowest BCUT2D eigenvalue weighted by atomic mass is 10.0. The molecular formula is C18H20FN3O2. The minimum Gasteiger partial charge on any atom is -0.347 e. The number of rotatable bonds is 7. The third-order valence-electron chi connectivity index (χ3n) is 3.57. The van der Waals surface area contributed by atoms with E-state index in [0.29, 0.717) is 18.5 Å². The molecule has 1 heterocycles. The Bertz CT molecular complexity index is 692. The maximum atomic E-state index is 13.1. The molecule has 0 saturated carbocycles. The number of aromatic nitrogens is 1. The van der Waals surface area contributed by atoms with Crippen LogP contribution in [0.5, 0.6) is 0 Å². The van der Waals surface area contributed by atoms with Crippen LogP contribution < -0.4 is 10.6 Å². The zero-order valence-corrected chi connectivity index (χ0v) is 13.5. The summed E-state index contributed by atoms with van der Waals surface area (Å²) in [5.41, 5.74) is 1.43. The first-order valence-electron chi connectivity index (χ1n) is 7.76. The van der Waals surface area contributed by atoms with E-state index in [-0.39, 0.29) is 30.1 Å². The molecule has 0 spiro atoms. The van der Waals surface area contributed by atoms with Crippen LogP contribution >= 0.6 is 0 Å². The smallest absolute Gasteiger partial charge is 0.243 e. The van der Waals surface area contributed by atoms with Crippen molar-refractivity contribution in [2.75, 3.05) is 11.9 Å². The Labute approximate surface area is 140 Å². The van der Waals surface area contributed by atoms with Gasteiger partial charge in [-0.3, -0.25) is 14.6 Å². The monoisotopic (exact) mass is 329 g/mol. The first-order chi connectivity index (χ1) is 11.5. The lowest BCUT2D eigenvalue weighted by Gasteiger charge is -2.12. The zero-order chi connectivity index (χ0) is 17.4. The van der Waals surface area contributed by atoms with Crippen molar-refractivity contribution < 1.29 is 14.0 Å². The van der Waals surface area contributed by atoms with Gasteiger partial charge in [-0.1, -0.05) is 19.1 Å². The van der Waals surface area contributed by atoms with Gasteiger partial charge >= 0.3 is 0 Å². The normalized spacial score (nSPS) is 11.6. The second kappa shape index (κ2) is 8.76. The number of nitrogens with one attached hydrogen (secondary N) is 2. The van der Waals surface area contributed by atoms with Gasteiger partial charge in [0.25, 0.3) is 0 Å². The van der Waals surface area contributed by atoms with Crippen LogP contribution in [0, 0.1) is 11.7 Å². The van der Waals surface area contributed by atoms with Gasteiger partial charge in [-0.2, -0.15) is 0 Å². The van der Waals surface area contributed by atoms with E-state index in [0.717, 1.165) is 5.56 Å². The quantitative estimate of drug-likeness (QED) is 0.820. The molecule has 1 atom stereocenters. The van der Waals surface area contributed by atoms with E-state index < -0.39 is 0 Å². The van der Waals surface area contributed by atoms with E-state index in [4.69, 9.17) is 0 Å². The molecule has 126 valence electrons. The lowest BCUT2D eigenvalue weighted by molar-refractivity contribution is -0.127. The number of hydrogen-bond donors (Lipinski definition) is 2. The van der Waals surface area contributed by atoms with Crippen LogP contribution in [0.15, 0.2) is 48.8 Å². The van der Waals surface area contributed by atoms with E-state index in [9.17, 15) is 14.0 Å². The van der Waals surface area contributed by atoms with Gasteiger partial charge in [-0.25, -0.2) is 4.39 Å². The average Bonchev–Trinajstić information content (AvgIpc) is 2.58. The Morgan fingerprint density at radius 1 is 1.25 bits per heavy atom. The molecule has 0 fully saturated rings. The van der Waals surface area contributed by atoms with Gasteiger partial charge in [-0.05, 0) is 42.7 Å². The number of anilines is 1. The number of hydrogen-bond acceptors (Lipinski definition) is 3. The van der Waals surface area contributed by atoms with Crippen molar-refractivity contribution in [2.24, 2.45) is 5.92 Å². The molecule has 24 heavy (non-hydrogen) atoms. The van der Waals surface area contributed by atoms with Gasteiger partial charge in [0.05, 0.1) is 18.4 Å². The SMILES string of the molecule is C[C@@H](CCc1cccc(F)c1)C(=O)NCC(=O)Nc1cccnc1. The highest BCUT2D eigenvalue weighted by Gasteiger charge is 2.14. The topological polar surface area (TPSA) is 71.1 Å². The largest absolute Gasteiger partial charge is 0.347 e. The highest BCUT2D eigenvalue weighted by Crippen LogP contribution is 2.11. The standard InChI is InChI=1S/C18H20FN3O2/c1-13(7-8-14-4-2-5-15(19)10-14)18(24)21-12-17(23)22-16-6-3-9-20-11-16/h2-6,9-11,13H,7-8,12H2,1H3,(H,21,24)(H,22,23)/t13-/m0/s1. The van der Waals surface area contributed by atoms with E-state index >= 15 is 0 Å². The van der Waals surface area contributed by atoms with Crippen LogP contribution in [-0.2, 0) is 16.0 Å². The van der Waals surface area contributed by atoms with Crippen LogP contribution in [0.25, 0.3) is 0 Å². The van der Waals surface area contributed by atoms with E-state index in [1.807, 2.05) is 6.07 Å². The molecule has 1 aromatic carbocycles. The third-order valence-corrected chi connectivity index (χ3v) is 3.57. The number of carbonyl (C=O) groups is 2. The maximum absolute atomic E-state index is 13.1. The van der Waals surface area contributed by atoms with Crippen LogP contribution in [0.4, 0.5) is 10.1 Å². The molecule has 1 aromatic heterocycles. The minimum atomic E-state index is -0.311. The molecule has 0 unspecified atom stereocenters. The van der Waals surface area contributed by atoms with Crippen molar-refractivity contribution in [3.8, 4) is 0 Å². The fourth-order valence-electron chi connectivity index (χ4n) is 2.19.